The standard InChI is InChI=1S/C39H46F2N6O7/c1-22-19-45(36(50)54-38(5,6)7)17-16-26(22)47-27-14-10-9-13-25(27)42-35(47)51-23-18-28(33(49)53-37(2,3)4)46(20-23)32-31-30(24-12-8-11-15-29(24)52-31)43-34(44-32)39(40,41)21-48/h8-15,22-23,26,28,48H,16-21H2,1-7H3/t22-,23-,26-,28-/m0/s1. The lowest BCUT2D eigenvalue weighted by Crippen LogP contribution is -2.45. The molecule has 2 fully saturated rings. The van der Waals surface area contributed by atoms with Crippen LogP contribution >= 0.6 is 0 Å². The van der Waals surface area contributed by atoms with Crippen molar-refractivity contribution in [3.05, 3.63) is 54.4 Å². The molecule has 3 aromatic heterocycles. The average Bonchev–Trinajstić information content (AvgIpc) is 3.80. The Morgan fingerprint density at radius 2 is 1.65 bits per heavy atom. The van der Waals surface area contributed by atoms with Crippen LogP contribution in [0.1, 0.15) is 73.2 Å². The third-order valence-corrected chi connectivity index (χ3v) is 9.62. The zero-order valence-electron chi connectivity index (χ0n) is 31.5. The van der Waals surface area contributed by atoms with E-state index in [4.69, 9.17) is 23.6 Å². The van der Waals surface area contributed by atoms with Crippen molar-refractivity contribution in [1.29, 1.82) is 0 Å². The number of carbonyl (C=O) groups is 2. The Morgan fingerprint density at radius 1 is 0.944 bits per heavy atom. The number of hydrogen-bond donors (Lipinski definition) is 1. The Hall–Kier alpha value is -5.05. The number of anilines is 1. The lowest BCUT2D eigenvalue weighted by molar-refractivity contribution is -0.156. The number of piperidine rings is 1. The lowest BCUT2D eigenvalue weighted by Gasteiger charge is -2.38. The highest BCUT2D eigenvalue weighted by molar-refractivity contribution is 6.06. The van der Waals surface area contributed by atoms with Crippen LogP contribution in [0.2, 0.25) is 0 Å². The zero-order valence-corrected chi connectivity index (χ0v) is 31.5. The molecule has 1 N–H and O–H groups in total. The van der Waals surface area contributed by atoms with E-state index < -0.39 is 47.7 Å². The van der Waals surface area contributed by atoms with Gasteiger partial charge < -0.3 is 33.5 Å². The van der Waals surface area contributed by atoms with Crippen molar-refractivity contribution < 1.29 is 42.1 Å². The number of amides is 1. The fraction of sp³-hybridized carbons (Fsp3) is 0.513. The minimum absolute atomic E-state index is 0.00480. The smallest absolute Gasteiger partial charge is 0.410 e. The first-order chi connectivity index (χ1) is 25.4. The summed E-state index contributed by atoms with van der Waals surface area (Å²) in [6, 6.07) is 13.8. The molecule has 0 unspecified atom stereocenters. The molecule has 2 aliphatic rings. The molecular weight excluding hydrogens is 702 g/mol. The van der Waals surface area contributed by atoms with Crippen LogP contribution in [-0.2, 0) is 20.2 Å². The van der Waals surface area contributed by atoms with Crippen LogP contribution in [0.5, 0.6) is 6.01 Å². The molecule has 54 heavy (non-hydrogen) atoms. The number of alkyl halides is 2. The molecule has 288 valence electrons. The topological polar surface area (TPSA) is 145 Å². The number of halogens is 2. The van der Waals surface area contributed by atoms with Gasteiger partial charge in [0, 0.05) is 30.9 Å². The highest BCUT2D eigenvalue weighted by Crippen LogP contribution is 2.41. The van der Waals surface area contributed by atoms with Crippen molar-refractivity contribution >= 4 is 51.0 Å². The van der Waals surface area contributed by atoms with Gasteiger partial charge in [0.25, 0.3) is 6.01 Å². The van der Waals surface area contributed by atoms with Crippen LogP contribution < -0.4 is 9.64 Å². The number of likely N-dealkylation sites (tertiary alicyclic amines) is 1. The van der Waals surface area contributed by atoms with Gasteiger partial charge in [-0.25, -0.2) is 19.6 Å². The molecule has 15 heteroatoms. The van der Waals surface area contributed by atoms with Crippen LogP contribution in [0.15, 0.2) is 52.9 Å². The predicted octanol–water partition coefficient (Wildman–Crippen LogP) is 7.00. The van der Waals surface area contributed by atoms with Crippen molar-refractivity contribution in [2.45, 2.75) is 96.6 Å². The van der Waals surface area contributed by atoms with Gasteiger partial charge >= 0.3 is 18.0 Å². The van der Waals surface area contributed by atoms with E-state index in [1.165, 1.54) is 0 Å². The maximum absolute atomic E-state index is 15.1. The minimum atomic E-state index is -3.78. The van der Waals surface area contributed by atoms with Gasteiger partial charge in [0.1, 0.15) is 41.1 Å². The number of para-hydroxylation sites is 3. The third kappa shape index (κ3) is 7.25. The summed E-state index contributed by atoms with van der Waals surface area (Å²) in [5.74, 6) is -5.32. The van der Waals surface area contributed by atoms with E-state index in [9.17, 15) is 14.7 Å². The number of aliphatic hydroxyl groups is 1. The number of carbonyl (C=O) groups excluding carboxylic acids is 2. The number of aromatic nitrogens is 4. The van der Waals surface area contributed by atoms with Crippen LogP contribution in [0.4, 0.5) is 19.4 Å². The Kier molecular flexibility index (Phi) is 9.43. The highest BCUT2D eigenvalue weighted by atomic mass is 19.3. The van der Waals surface area contributed by atoms with Crippen LogP contribution in [0.25, 0.3) is 33.1 Å². The molecule has 5 heterocycles. The molecule has 0 radical (unpaired) electrons. The fourth-order valence-electron chi connectivity index (χ4n) is 7.30. The molecule has 2 aliphatic heterocycles. The minimum Gasteiger partial charge on any atom is -0.459 e. The number of aliphatic hydroxyl groups excluding tert-OH is 1. The van der Waals surface area contributed by atoms with Gasteiger partial charge in [-0.3, -0.25) is 4.57 Å². The summed E-state index contributed by atoms with van der Waals surface area (Å²) >= 11 is 0. The van der Waals surface area contributed by atoms with E-state index in [1.807, 2.05) is 45.0 Å². The Labute approximate surface area is 311 Å². The van der Waals surface area contributed by atoms with Gasteiger partial charge in [-0.1, -0.05) is 31.2 Å². The maximum Gasteiger partial charge on any atom is 0.410 e. The van der Waals surface area contributed by atoms with E-state index in [2.05, 4.69) is 21.5 Å². The summed E-state index contributed by atoms with van der Waals surface area (Å²) in [7, 11) is 0. The zero-order chi connectivity index (χ0) is 38.7. The Bertz CT molecular complexity index is 2210. The van der Waals surface area contributed by atoms with E-state index in [0.29, 0.717) is 42.0 Å². The number of ether oxygens (including phenoxy) is 3. The SMILES string of the molecule is C[C@H]1CN(C(=O)OC(C)(C)C)CC[C@@H]1n1c(O[C@H]2C[C@@H](C(=O)OC(C)(C)C)N(c3nc(C(F)(F)CO)nc4c3oc3ccccc34)C2)nc2ccccc21. The summed E-state index contributed by atoms with van der Waals surface area (Å²) in [5, 5.41) is 10.1. The van der Waals surface area contributed by atoms with Crippen LogP contribution in [0.3, 0.4) is 0 Å². The first kappa shape index (κ1) is 37.3. The summed E-state index contributed by atoms with van der Waals surface area (Å²) < 4.78 is 56.7. The average molecular weight is 749 g/mol. The number of esters is 1. The van der Waals surface area contributed by atoms with E-state index in [0.717, 1.165) is 5.52 Å². The molecule has 5 aromatic rings. The van der Waals surface area contributed by atoms with Gasteiger partial charge in [-0.2, -0.15) is 13.8 Å². The second-order valence-electron chi connectivity index (χ2n) is 16.2. The number of rotatable bonds is 7. The molecule has 1 amide bonds. The van der Waals surface area contributed by atoms with Gasteiger partial charge in [0.05, 0.1) is 17.6 Å². The fourth-order valence-corrected chi connectivity index (χ4v) is 7.30. The molecule has 0 spiro atoms. The first-order valence-electron chi connectivity index (χ1n) is 18.2. The molecule has 4 atom stereocenters. The number of benzene rings is 2. The second-order valence-corrected chi connectivity index (χ2v) is 16.2. The van der Waals surface area contributed by atoms with Gasteiger partial charge in [-0.05, 0) is 78.1 Å². The maximum atomic E-state index is 15.1. The molecule has 7 rings (SSSR count). The van der Waals surface area contributed by atoms with Crippen LogP contribution in [-0.4, -0.2) is 91.2 Å². The van der Waals surface area contributed by atoms with Gasteiger partial charge in [0.15, 0.2) is 11.4 Å². The van der Waals surface area contributed by atoms with Crippen molar-refractivity contribution in [2.24, 2.45) is 5.92 Å². The number of imidazole rings is 1. The first-order valence-corrected chi connectivity index (χ1v) is 18.2. The monoisotopic (exact) mass is 748 g/mol. The molecule has 2 aromatic carbocycles. The van der Waals surface area contributed by atoms with Gasteiger partial charge in [-0.15, -0.1) is 0 Å². The van der Waals surface area contributed by atoms with Crippen molar-refractivity contribution in [3.63, 3.8) is 0 Å². The quantitative estimate of drug-likeness (QED) is 0.172. The highest BCUT2D eigenvalue weighted by Gasteiger charge is 2.45. The summed E-state index contributed by atoms with van der Waals surface area (Å²) in [5.41, 5.74) is 0.728. The third-order valence-electron chi connectivity index (χ3n) is 9.62. The number of fused-ring (bicyclic) bond motifs is 4. The summed E-state index contributed by atoms with van der Waals surface area (Å²) in [4.78, 5) is 43.4. The molecule has 0 saturated carbocycles. The molecule has 0 bridgehead atoms. The van der Waals surface area contributed by atoms with Crippen molar-refractivity contribution in [3.8, 4) is 6.01 Å². The molecule has 2 saturated heterocycles. The second kappa shape index (κ2) is 13.7. The van der Waals surface area contributed by atoms with Crippen LogP contribution in [0, 0.1) is 5.92 Å². The van der Waals surface area contributed by atoms with E-state index >= 15 is 8.78 Å². The summed E-state index contributed by atoms with van der Waals surface area (Å²) in [6.07, 6.45) is -0.308. The Balaban J connectivity index is 1.26. The Morgan fingerprint density at radius 3 is 2.35 bits per heavy atom. The number of nitrogens with zero attached hydrogens (tertiary/aromatic N) is 6. The van der Waals surface area contributed by atoms with E-state index in [-0.39, 0.29) is 47.9 Å². The van der Waals surface area contributed by atoms with Crippen molar-refractivity contribution in [2.75, 3.05) is 31.1 Å². The van der Waals surface area contributed by atoms with E-state index in [1.54, 1.807) is 54.8 Å². The number of hydrogen-bond acceptors (Lipinski definition) is 11. The normalized spacial score (nSPS) is 21.3. The van der Waals surface area contributed by atoms with Crippen molar-refractivity contribution in [1.82, 2.24) is 24.4 Å². The summed E-state index contributed by atoms with van der Waals surface area (Å²) in [6.45, 7) is 12.3. The largest absolute Gasteiger partial charge is 0.459 e. The molecule has 0 aliphatic carbocycles. The molecule has 13 nitrogen and oxygen atoms in total. The van der Waals surface area contributed by atoms with Gasteiger partial charge in [0.2, 0.25) is 5.82 Å². The predicted molar refractivity (Wildman–Crippen MR) is 197 cm³/mol. The molecular formula is C39H46F2N6O7. The lowest BCUT2D eigenvalue weighted by atomic mass is 9.93. The number of furan rings is 1.